The molecule has 0 radical (unpaired) electrons. The van der Waals surface area contributed by atoms with Crippen molar-refractivity contribution in [3.63, 3.8) is 0 Å². The van der Waals surface area contributed by atoms with E-state index in [0.29, 0.717) is 15.1 Å². The lowest BCUT2D eigenvalue weighted by Gasteiger charge is -2.62. The van der Waals surface area contributed by atoms with E-state index >= 15 is 0 Å². The summed E-state index contributed by atoms with van der Waals surface area (Å²) in [6, 6.07) is 0. The number of halogens is 3. The molecule has 0 unspecified atom stereocenters. The van der Waals surface area contributed by atoms with E-state index in [1.54, 1.807) is 0 Å². The fraction of sp³-hybridized carbons (Fsp3) is 1.00. The van der Waals surface area contributed by atoms with Gasteiger partial charge in [0.05, 0.1) is 7.59 Å². The fourth-order valence-corrected chi connectivity index (χ4v) is 87.1. The van der Waals surface area contributed by atoms with E-state index in [-0.39, 0.29) is 0 Å². The monoisotopic (exact) mass is 608 g/mol. The SMILES string of the molecule is CC(C)(C)[Si](C(C)(C)C)(C(C)(C)C)[Si](I)(I)I. The first kappa shape index (κ1) is 19.6. The van der Waals surface area contributed by atoms with Crippen LogP contribution in [0.3, 0.4) is 0 Å². The van der Waals surface area contributed by atoms with Crippen LogP contribution in [0.25, 0.3) is 0 Å². The summed E-state index contributed by atoms with van der Waals surface area (Å²) >= 11 is 8.52. The molecule has 0 aromatic carbocycles. The molecule has 0 fully saturated rings. The van der Waals surface area contributed by atoms with Crippen molar-refractivity contribution >= 4 is 73.1 Å². The van der Waals surface area contributed by atoms with Crippen molar-refractivity contribution in [1.29, 1.82) is 0 Å². The van der Waals surface area contributed by atoms with Crippen molar-refractivity contribution in [2.45, 2.75) is 77.4 Å². The van der Waals surface area contributed by atoms with Crippen molar-refractivity contribution in [2.75, 3.05) is 0 Å². The van der Waals surface area contributed by atoms with Crippen molar-refractivity contribution in [1.82, 2.24) is 0 Å². The van der Waals surface area contributed by atoms with E-state index in [0.717, 1.165) is 0 Å². The Morgan fingerprint density at radius 2 is 0.706 bits per heavy atom. The highest BCUT2D eigenvalue weighted by Crippen LogP contribution is 2.69. The zero-order valence-corrected chi connectivity index (χ0v) is 21.1. The summed E-state index contributed by atoms with van der Waals surface area (Å²) in [4.78, 5) is 0. The molecule has 0 nitrogen and oxygen atoms in total. The molecule has 5 heteroatoms. The van der Waals surface area contributed by atoms with Gasteiger partial charge in [0, 0.05) is 0 Å². The summed E-state index contributed by atoms with van der Waals surface area (Å²) in [6.07, 6.45) is 0. The number of rotatable bonds is 1. The summed E-state index contributed by atoms with van der Waals surface area (Å²) in [5.41, 5.74) is 0. The molecular weight excluding hydrogens is 581 g/mol. The van der Waals surface area contributed by atoms with Crippen LogP contribution >= 0.6 is 65.4 Å². The van der Waals surface area contributed by atoms with E-state index in [2.05, 4.69) is 128 Å². The maximum Gasteiger partial charge on any atom is 0.243 e. The van der Waals surface area contributed by atoms with Crippen LogP contribution in [0.15, 0.2) is 0 Å². The van der Waals surface area contributed by atoms with Gasteiger partial charge in [0.25, 0.3) is 0 Å². The molecule has 0 saturated heterocycles. The van der Waals surface area contributed by atoms with Gasteiger partial charge >= 0.3 is 0 Å². The van der Waals surface area contributed by atoms with Gasteiger partial charge in [0.2, 0.25) is 0.0813 Å². The molecule has 0 rings (SSSR count). The van der Waals surface area contributed by atoms with Crippen LogP contribution in [0.4, 0.5) is 0 Å². The second-order valence-corrected chi connectivity index (χ2v) is 61.8. The van der Waals surface area contributed by atoms with Gasteiger partial charge in [-0.1, -0.05) is 128 Å². The van der Waals surface area contributed by atoms with Crippen LogP contribution in [0.2, 0.25) is 15.1 Å². The lowest BCUT2D eigenvalue weighted by Crippen LogP contribution is -2.69. The quantitative estimate of drug-likeness (QED) is 0.169. The van der Waals surface area contributed by atoms with Crippen LogP contribution < -0.4 is 0 Å². The van der Waals surface area contributed by atoms with E-state index in [1.165, 1.54) is 0 Å². The summed E-state index contributed by atoms with van der Waals surface area (Å²) in [5.74, 6) is 0. The van der Waals surface area contributed by atoms with Gasteiger partial charge in [-0.25, -0.2) is 0 Å². The minimum Gasteiger partial charge on any atom is -0.0946 e. The zero-order chi connectivity index (χ0) is 14.5. The molecule has 0 aliphatic carbocycles. The van der Waals surface area contributed by atoms with Gasteiger partial charge in [-0.05, 0) is 15.1 Å². The highest BCUT2D eigenvalue weighted by molar-refractivity contribution is 14.4. The van der Waals surface area contributed by atoms with Crippen LogP contribution in [-0.4, -0.2) is 7.67 Å². The summed E-state index contributed by atoms with van der Waals surface area (Å²) < 4.78 is -1.29. The van der Waals surface area contributed by atoms with Crippen molar-refractivity contribution < 1.29 is 0 Å². The van der Waals surface area contributed by atoms with Crippen molar-refractivity contribution in [3.05, 3.63) is 0 Å². The molecule has 0 spiro atoms. The lowest BCUT2D eigenvalue weighted by atomic mass is 10.2. The molecule has 0 aromatic rings. The molecule has 104 valence electrons. The van der Waals surface area contributed by atoms with Gasteiger partial charge in [0.1, 0.15) is 0 Å². The summed E-state index contributed by atoms with van der Waals surface area (Å²) in [6.45, 7) is 22.4. The van der Waals surface area contributed by atoms with Gasteiger partial charge in [-0.2, -0.15) is 0 Å². The Bertz CT molecular complexity index is 213. The molecule has 0 N–H and O–H groups in total. The third kappa shape index (κ3) is 3.45. The highest BCUT2D eigenvalue weighted by Gasteiger charge is 2.69. The smallest absolute Gasteiger partial charge is 0.0946 e. The van der Waals surface area contributed by atoms with E-state index < -0.39 is 7.67 Å². The Kier molecular flexibility index (Phi) is 6.27. The average Bonchev–Trinajstić information content (AvgIpc) is 1.67. The van der Waals surface area contributed by atoms with Gasteiger partial charge in [0.15, 0.2) is 0 Å². The summed E-state index contributed by atoms with van der Waals surface area (Å²) in [7, 11) is -1.50. The topological polar surface area (TPSA) is 0 Å². The first-order valence-electron chi connectivity index (χ1n) is 6.07. The first-order valence-corrected chi connectivity index (χ1v) is 20.4. The Morgan fingerprint density at radius 1 is 0.529 bits per heavy atom. The van der Waals surface area contributed by atoms with Crippen molar-refractivity contribution in [3.8, 4) is 0 Å². The van der Waals surface area contributed by atoms with E-state index in [1.807, 2.05) is 0 Å². The Labute approximate surface area is 148 Å². The third-order valence-electron chi connectivity index (χ3n) is 3.80. The van der Waals surface area contributed by atoms with Crippen LogP contribution in [-0.2, 0) is 0 Å². The number of hydrogen-bond donors (Lipinski definition) is 0. The van der Waals surface area contributed by atoms with E-state index in [4.69, 9.17) is 0 Å². The normalized spacial score (nSPS) is 16.2. The Morgan fingerprint density at radius 3 is 0.706 bits per heavy atom. The maximum atomic E-state index is 2.84. The average molecular weight is 608 g/mol. The largest absolute Gasteiger partial charge is 0.243 e. The minimum atomic E-state index is -1.50. The van der Waals surface area contributed by atoms with Gasteiger partial charge in [-0.15, -0.1) is 0 Å². The first-order chi connectivity index (χ1) is 7.00. The molecule has 0 amide bonds. The molecule has 0 aromatic heterocycles. The fourth-order valence-electron chi connectivity index (χ4n) is 4.65. The molecule has 0 aliphatic rings. The Hall–Kier alpha value is 2.62. The molecule has 0 atom stereocenters. The van der Waals surface area contributed by atoms with Crippen LogP contribution in [0.1, 0.15) is 62.3 Å². The third-order valence-corrected chi connectivity index (χ3v) is 42.5. The van der Waals surface area contributed by atoms with Crippen LogP contribution in [0, 0.1) is 0 Å². The minimum absolute atomic E-state index is 0.444. The zero-order valence-electron chi connectivity index (χ0n) is 12.6. The second-order valence-electron chi connectivity index (χ2n) is 8.00. The van der Waals surface area contributed by atoms with E-state index in [9.17, 15) is 0 Å². The predicted molar refractivity (Wildman–Crippen MR) is 113 cm³/mol. The lowest BCUT2D eigenvalue weighted by molar-refractivity contribution is 0.556. The molecular formula is C12H27I3Si2. The predicted octanol–water partition coefficient (Wildman–Crippen LogP) is 7.16. The second kappa shape index (κ2) is 5.43. The number of hydrogen-bond acceptors (Lipinski definition) is 0. The molecule has 0 saturated carbocycles. The molecule has 0 aliphatic heterocycles. The Balaban J connectivity index is 6.37. The molecule has 17 heavy (non-hydrogen) atoms. The van der Waals surface area contributed by atoms with Gasteiger partial charge < -0.3 is 0 Å². The van der Waals surface area contributed by atoms with Gasteiger partial charge in [-0.3, -0.25) is 0 Å². The summed E-state index contributed by atoms with van der Waals surface area (Å²) in [5, 5.41) is 1.33. The maximum absolute atomic E-state index is 2.84. The molecule has 0 bridgehead atoms. The standard InChI is InChI=1S/C12H27I3Si2/c1-10(2,3)16(11(4,5)6,12(7,8)9)17(13,14)15/h1-9H3. The highest BCUT2D eigenvalue weighted by atomic mass is 127. The van der Waals surface area contributed by atoms with Crippen LogP contribution in [0.5, 0.6) is 0 Å². The molecule has 0 heterocycles. The van der Waals surface area contributed by atoms with Crippen molar-refractivity contribution in [2.24, 2.45) is 0 Å².